The SMILES string of the molecule is CCOC(=O)C1=C(N)Oc2[nH]c(=O)[nH]c(=O)c2[C@H]1c1ccc(N(C)C)cc1. The summed E-state index contributed by atoms with van der Waals surface area (Å²) in [6.45, 7) is 1.80. The summed E-state index contributed by atoms with van der Waals surface area (Å²) in [5.74, 6) is -1.84. The van der Waals surface area contributed by atoms with E-state index in [0.717, 1.165) is 5.69 Å². The van der Waals surface area contributed by atoms with Crippen molar-refractivity contribution in [2.45, 2.75) is 12.8 Å². The molecule has 0 bridgehead atoms. The molecule has 0 unspecified atom stereocenters. The summed E-state index contributed by atoms with van der Waals surface area (Å²) in [6, 6.07) is 7.27. The first-order valence-corrected chi connectivity index (χ1v) is 8.31. The summed E-state index contributed by atoms with van der Waals surface area (Å²) in [5.41, 5.74) is 6.23. The number of ether oxygens (including phenoxy) is 2. The zero-order valence-electron chi connectivity index (χ0n) is 15.2. The van der Waals surface area contributed by atoms with Crippen molar-refractivity contribution in [1.29, 1.82) is 0 Å². The van der Waals surface area contributed by atoms with Crippen LogP contribution in [0.5, 0.6) is 5.88 Å². The van der Waals surface area contributed by atoms with E-state index in [-0.39, 0.29) is 29.5 Å². The van der Waals surface area contributed by atoms with Gasteiger partial charge in [-0.15, -0.1) is 0 Å². The minimum Gasteiger partial charge on any atom is -0.462 e. The molecular formula is C18H20N4O5. The van der Waals surface area contributed by atoms with Crippen LogP contribution >= 0.6 is 0 Å². The summed E-state index contributed by atoms with van der Waals surface area (Å²) in [6.07, 6.45) is 0. The number of carbonyl (C=O) groups excluding carboxylic acids is 1. The number of nitrogens with one attached hydrogen (secondary N) is 2. The van der Waals surface area contributed by atoms with Crippen LogP contribution in [0.25, 0.3) is 0 Å². The maximum absolute atomic E-state index is 12.5. The second-order valence-electron chi connectivity index (χ2n) is 6.17. The van der Waals surface area contributed by atoms with Gasteiger partial charge in [0.1, 0.15) is 5.57 Å². The van der Waals surface area contributed by atoms with E-state index in [1.54, 1.807) is 19.1 Å². The van der Waals surface area contributed by atoms with Crippen LogP contribution < -0.4 is 26.6 Å². The number of anilines is 1. The van der Waals surface area contributed by atoms with Crippen molar-refractivity contribution in [3.63, 3.8) is 0 Å². The van der Waals surface area contributed by atoms with E-state index in [9.17, 15) is 14.4 Å². The molecule has 0 aliphatic carbocycles. The first kappa shape index (κ1) is 18.3. The van der Waals surface area contributed by atoms with Crippen LogP contribution in [0.4, 0.5) is 5.69 Å². The number of hydrogen-bond donors (Lipinski definition) is 3. The standard InChI is InChI=1S/C18H20N4O5/c1-4-26-17(24)12-11(9-5-7-10(8-6-9)22(2)3)13-15(23)20-18(25)21-16(13)27-14(12)19/h5-8,11H,4,19H2,1-3H3,(H2,20,21,23,25)/t11-/m0/s1. The van der Waals surface area contributed by atoms with E-state index in [1.165, 1.54) is 0 Å². The van der Waals surface area contributed by atoms with Crippen LogP contribution in [-0.4, -0.2) is 36.6 Å². The molecule has 0 amide bonds. The topological polar surface area (TPSA) is 131 Å². The Morgan fingerprint density at radius 1 is 1.22 bits per heavy atom. The Labute approximate surface area is 154 Å². The number of carbonyl (C=O) groups is 1. The lowest BCUT2D eigenvalue weighted by Gasteiger charge is -2.27. The molecule has 0 radical (unpaired) electrons. The highest BCUT2D eigenvalue weighted by atomic mass is 16.5. The van der Waals surface area contributed by atoms with Crippen molar-refractivity contribution in [1.82, 2.24) is 9.97 Å². The minimum absolute atomic E-state index is 0.0134. The van der Waals surface area contributed by atoms with E-state index < -0.39 is 23.1 Å². The lowest BCUT2D eigenvalue weighted by atomic mass is 9.84. The van der Waals surface area contributed by atoms with Gasteiger partial charge in [-0.05, 0) is 24.6 Å². The van der Waals surface area contributed by atoms with Gasteiger partial charge in [0.2, 0.25) is 11.8 Å². The van der Waals surface area contributed by atoms with Crippen molar-refractivity contribution in [2.75, 3.05) is 25.6 Å². The minimum atomic E-state index is -0.843. The van der Waals surface area contributed by atoms with Gasteiger partial charge in [0.05, 0.1) is 18.1 Å². The number of nitrogens with two attached hydrogens (primary N) is 1. The molecular weight excluding hydrogens is 352 g/mol. The molecule has 0 spiro atoms. The zero-order chi connectivity index (χ0) is 19.7. The number of fused-ring (bicyclic) bond motifs is 1. The summed E-state index contributed by atoms with van der Waals surface area (Å²) in [4.78, 5) is 43.1. The number of H-pyrrole nitrogens is 2. The second-order valence-corrected chi connectivity index (χ2v) is 6.17. The molecule has 0 saturated carbocycles. The number of rotatable bonds is 4. The molecule has 0 saturated heterocycles. The molecule has 1 aromatic carbocycles. The molecule has 9 nitrogen and oxygen atoms in total. The van der Waals surface area contributed by atoms with Crippen LogP contribution in [0.2, 0.25) is 0 Å². The molecule has 142 valence electrons. The zero-order valence-corrected chi connectivity index (χ0v) is 15.2. The average Bonchev–Trinajstić information content (AvgIpc) is 2.60. The maximum atomic E-state index is 12.5. The van der Waals surface area contributed by atoms with E-state index in [1.807, 2.05) is 31.1 Å². The van der Waals surface area contributed by atoms with Gasteiger partial charge in [-0.25, -0.2) is 9.59 Å². The van der Waals surface area contributed by atoms with Gasteiger partial charge < -0.3 is 20.1 Å². The number of benzene rings is 1. The first-order chi connectivity index (χ1) is 12.8. The molecule has 4 N–H and O–H groups in total. The van der Waals surface area contributed by atoms with E-state index in [4.69, 9.17) is 15.2 Å². The fourth-order valence-electron chi connectivity index (χ4n) is 3.00. The molecule has 1 aliphatic rings. The molecule has 1 aromatic heterocycles. The lowest BCUT2D eigenvalue weighted by molar-refractivity contribution is -0.139. The van der Waals surface area contributed by atoms with Crippen molar-refractivity contribution < 1.29 is 14.3 Å². The Balaban J connectivity index is 2.23. The summed E-state index contributed by atoms with van der Waals surface area (Å²) in [7, 11) is 3.80. The number of nitrogens with zero attached hydrogens (tertiary/aromatic N) is 1. The van der Waals surface area contributed by atoms with E-state index in [0.29, 0.717) is 5.56 Å². The van der Waals surface area contributed by atoms with E-state index in [2.05, 4.69) is 9.97 Å². The third-order valence-electron chi connectivity index (χ3n) is 4.24. The number of hydrogen-bond acceptors (Lipinski definition) is 7. The number of aromatic nitrogens is 2. The van der Waals surface area contributed by atoms with Gasteiger partial charge in [-0.2, -0.15) is 0 Å². The molecule has 3 rings (SSSR count). The predicted molar refractivity (Wildman–Crippen MR) is 98.8 cm³/mol. The van der Waals surface area contributed by atoms with Crippen LogP contribution in [0.15, 0.2) is 45.3 Å². The van der Waals surface area contributed by atoms with E-state index >= 15 is 0 Å². The Morgan fingerprint density at radius 2 is 1.89 bits per heavy atom. The monoisotopic (exact) mass is 372 g/mol. The summed E-state index contributed by atoms with van der Waals surface area (Å²) < 4.78 is 10.5. The highest BCUT2D eigenvalue weighted by molar-refractivity contribution is 5.92. The fraction of sp³-hybridized carbons (Fsp3) is 0.278. The van der Waals surface area contributed by atoms with Crippen molar-refractivity contribution in [2.24, 2.45) is 5.73 Å². The van der Waals surface area contributed by atoms with Gasteiger partial charge in [-0.1, -0.05) is 12.1 Å². The molecule has 27 heavy (non-hydrogen) atoms. The van der Waals surface area contributed by atoms with Crippen LogP contribution in [0, 0.1) is 0 Å². The van der Waals surface area contributed by atoms with Crippen molar-refractivity contribution in [3.8, 4) is 5.88 Å². The highest BCUT2D eigenvalue weighted by Gasteiger charge is 2.38. The maximum Gasteiger partial charge on any atom is 0.340 e. The Kier molecular flexibility index (Phi) is 4.76. The molecule has 2 aromatic rings. The Hall–Kier alpha value is -3.49. The predicted octanol–water partition coefficient (Wildman–Crippen LogP) is 0.387. The van der Waals surface area contributed by atoms with Crippen molar-refractivity contribution in [3.05, 3.63) is 67.7 Å². The molecule has 0 fully saturated rings. The molecule has 9 heteroatoms. The first-order valence-electron chi connectivity index (χ1n) is 8.31. The highest BCUT2D eigenvalue weighted by Crippen LogP contribution is 2.39. The van der Waals surface area contributed by atoms with Crippen molar-refractivity contribution >= 4 is 11.7 Å². The Bertz CT molecular complexity index is 1020. The second kappa shape index (κ2) is 7.02. The quantitative estimate of drug-likeness (QED) is 0.662. The number of aromatic amines is 2. The summed E-state index contributed by atoms with van der Waals surface area (Å²) in [5, 5.41) is 0. The third kappa shape index (κ3) is 3.31. The third-order valence-corrected chi connectivity index (χ3v) is 4.24. The summed E-state index contributed by atoms with van der Waals surface area (Å²) >= 11 is 0. The number of esters is 1. The van der Waals surface area contributed by atoms with Gasteiger partial charge in [-0.3, -0.25) is 14.8 Å². The smallest absolute Gasteiger partial charge is 0.340 e. The lowest BCUT2D eigenvalue weighted by Crippen LogP contribution is -2.35. The molecule has 1 aliphatic heterocycles. The average molecular weight is 372 g/mol. The van der Waals surface area contributed by atoms with Crippen LogP contribution in [-0.2, 0) is 9.53 Å². The van der Waals surface area contributed by atoms with Gasteiger partial charge in [0.25, 0.3) is 5.56 Å². The normalized spacial score (nSPS) is 15.7. The fourth-order valence-corrected chi connectivity index (χ4v) is 3.00. The Morgan fingerprint density at radius 3 is 2.48 bits per heavy atom. The van der Waals surface area contributed by atoms with Gasteiger partial charge >= 0.3 is 11.7 Å². The van der Waals surface area contributed by atoms with Crippen LogP contribution in [0.3, 0.4) is 0 Å². The molecule has 2 heterocycles. The van der Waals surface area contributed by atoms with Crippen LogP contribution in [0.1, 0.15) is 24.0 Å². The van der Waals surface area contributed by atoms with Gasteiger partial charge in [0.15, 0.2) is 0 Å². The van der Waals surface area contributed by atoms with Gasteiger partial charge in [0, 0.05) is 19.8 Å². The molecule has 1 atom stereocenters. The largest absolute Gasteiger partial charge is 0.462 e.